The first-order valence-electron chi connectivity index (χ1n) is 12.3. The number of halogens is 1. The van der Waals surface area contributed by atoms with Crippen molar-refractivity contribution in [2.45, 2.75) is 12.8 Å². The van der Waals surface area contributed by atoms with Gasteiger partial charge in [0.15, 0.2) is 5.76 Å². The van der Waals surface area contributed by atoms with Crippen molar-refractivity contribution in [3.8, 4) is 0 Å². The van der Waals surface area contributed by atoms with E-state index in [0.29, 0.717) is 50.5 Å². The van der Waals surface area contributed by atoms with E-state index in [2.05, 4.69) is 15.5 Å². The summed E-state index contributed by atoms with van der Waals surface area (Å²) in [7, 11) is 0. The normalized spacial score (nSPS) is 15.5. The van der Waals surface area contributed by atoms with Crippen molar-refractivity contribution < 1.29 is 23.2 Å². The molecule has 2 fully saturated rings. The van der Waals surface area contributed by atoms with Crippen LogP contribution in [0.3, 0.4) is 0 Å². The summed E-state index contributed by atoms with van der Waals surface area (Å²) in [5, 5.41) is 5.42. The number of urea groups is 1. The molecule has 2 aliphatic heterocycles. The van der Waals surface area contributed by atoms with Crippen LogP contribution in [0.15, 0.2) is 65.3 Å². The Hall–Kier alpha value is -4.34. The van der Waals surface area contributed by atoms with E-state index in [1.807, 2.05) is 11.0 Å². The molecule has 0 bridgehead atoms. The van der Waals surface area contributed by atoms with Crippen molar-refractivity contribution in [3.63, 3.8) is 0 Å². The highest BCUT2D eigenvalue weighted by atomic mass is 19.1. The molecule has 2 saturated heterocycles. The van der Waals surface area contributed by atoms with E-state index in [4.69, 9.17) is 4.42 Å². The molecule has 9 nitrogen and oxygen atoms in total. The summed E-state index contributed by atoms with van der Waals surface area (Å²) in [6, 6.07) is 14.2. The fourth-order valence-electron chi connectivity index (χ4n) is 4.66. The molecule has 0 spiro atoms. The van der Waals surface area contributed by atoms with Gasteiger partial charge in [-0.25, -0.2) is 9.18 Å². The van der Waals surface area contributed by atoms with Crippen LogP contribution in [0.4, 0.5) is 26.2 Å². The highest BCUT2D eigenvalue weighted by Gasteiger charge is 2.28. The number of nitrogens with one attached hydrogen (secondary N) is 2. The van der Waals surface area contributed by atoms with Gasteiger partial charge in [-0.2, -0.15) is 0 Å². The summed E-state index contributed by atoms with van der Waals surface area (Å²) in [6.07, 6.45) is 3.36. The Kier molecular flexibility index (Phi) is 7.07. The second kappa shape index (κ2) is 10.7. The highest BCUT2D eigenvalue weighted by Crippen LogP contribution is 2.28. The Morgan fingerprint density at radius 2 is 1.57 bits per heavy atom. The van der Waals surface area contributed by atoms with E-state index in [1.54, 1.807) is 41.3 Å². The summed E-state index contributed by atoms with van der Waals surface area (Å²) in [6.45, 7) is 3.23. The van der Waals surface area contributed by atoms with Gasteiger partial charge in [-0.05, 0) is 55.3 Å². The number of hydrogen-bond acceptors (Lipinski definition) is 5. The molecule has 3 heterocycles. The first-order valence-corrected chi connectivity index (χ1v) is 12.3. The molecule has 10 heteroatoms. The number of carbonyl (C=O) groups is 3. The quantitative estimate of drug-likeness (QED) is 0.540. The van der Waals surface area contributed by atoms with E-state index in [9.17, 15) is 18.8 Å². The lowest BCUT2D eigenvalue weighted by molar-refractivity contribution is 0.0792. The lowest BCUT2D eigenvalue weighted by Crippen LogP contribution is -2.50. The van der Waals surface area contributed by atoms with Crippen LogP contribution in [0.1, 0.15) is 33.8 Å². The van der Waals surface area contributed by atoms with E-state index in [1.165, 1.54) is 18.4 Å². The van der Waals surface area contributed by atoms with Crippen LogP contribution in [0.2, 0.25) is 0 Å². The van der Waals surface area contributed by atoms with Gasteiger partial charge in [0.05, 0.1) is 17.5 Å². The largest absolute Gasteiger partial charge is 0.459 e. The van der Waals surface area contributed by atoms with Gasteiger partial charge >= 0.3 is 6.03 Å². The van der Waals surface area contributed by atoms with Crippen molar-refractivity contribution in [1.82, 2.24) is 9.80 Å². The molecule has 37 heavy (non-hydrogen) atoms. The predicted octanol–water partition coefficient (Wildman–Crippen LogP) is 4.26. The summed E-state index contributed by atoms with van der Waals surface area (Å²) < 4.78 is 19.1. The molecule has 192 valence electrons. The third-order valence-corrected chi connectivity index (χ3v) is 6.65. The second-order valence-electron chi connectivity index (χ2n) is 9.05. The number of piperazine rings is 1. The van der Waals surface area contributed by atoms with Crippen LogP contribution in [-0.2, 0) is 0 Å². The molecule has 2 aliphatic rings. The van der Waals surface area contributed by atoms with Gasteiger partial charge in [-0.1, -0.05) is 12.1 Å². The van der Waals surface area contributed by atoms with Crippen LogP contribution >= 0.6 is 0 Å². The van der Waals surface area contributed by atoms with Gasteiger partial charge < -0.3 is 29.8 Å². The molecule has 3 aromatic rings. The Morgan fingerprint density at radius 3 is 2.27 bits per heavy atom. The first kappa shape index (κ1) is 24.4. The third-order valence-electron chi connectivity index (χ3n) is 6.65. The first-order chi connectivity index (χ1) is 18.0. The molecule has 1 aromatic heterocycles. The van der Waals surface area contributed by atoms with Gasteiger partial charge in [0, 0.05) is 50.6 Å². The summed E-state index contributed by atoms with van der Waals surface area (Å²) in [5.41, 5.74) is 1.89. The Bertz CT molecular complexity index is 1280. The highest BCUT2D eigenvalue weighted by molar-refractivity contribution is 6.05. The van der Waals surface area contributed by atoms with Gasteiger partial charge in [0.1, 0.15) is 5.82 Å². The second-order valence-corrected chi connectivity index (χ2v) is 9.05. The van der Waals surface area contributed by atoms with Gasteiger partial charge in [0.2, 0.25) is 0 Å². The molecule has 2 aromatic carbocycles. The van der Waals surface area contributed by atoms with Crippen LogP contribution in [0.5, 0.6) is 0 Å². The van der Waals surface area contributed by atoms with Crippen molar-refractivity contribution in [3.05, 3.63) is 78.0 Å². The molecule has 2 N–H and O–H groups in total. The van der Waals surface area contributed by atoms with Crippen molar-refractivity contribution in [1.29, 1.82) is 0 Å². The number of rotatable bonds is 5. The number of benzene rings is 2. The van der Waals surface area contributed by atoms with E-state index in [0.717, 1.165) is 18.5 Å². The molecule has 0 saturated carbocycles. The summed E-state index contributed by atoms with van der Waals surface area (Å²) in [5.74, 6) is -0.784. The molecule has 4 amide bonds. The van der Waals surface area contributed by atoms with E-state index >= 15 is 0 Å². The zero-order chi connectivity index (χ0) is 25.8. The molecule has 0 radical (unpaired) electrons. The fourth-order valence-corrected chi connectivity index (χ4v) is 4.66. The van der Waals surface area contributed by atoms with Gasteiger partial charge in [-0.15, -0.1) is 0 Å². The maximum atomic E-state index is 13.9. The zero-order valence-corrected chi connectivity index (χ0v) is 20.3. The SMILES string of the molecule is O=C(Nc1ccc(N2CCN(C(=O)Nc3ccccc3F)CC2)c(C(=O)N2CCCC2)c1)c1ccco1. The predicted molar refractivity (Wildman–Crippen MR) is 137 cm³/mol. The van der Waals surface area contributed by atoms with Crippen LogP contribution < -0.4 is 15.5 Å². The maximum Gasteiger partial charge on any atom is 0.322 e. The lowest BCUT2D eigenvalue weighted by atomic mass is 10.1. The Labute approximate surface area is 213 Å². The average Bonchev–Trinajstić information content (AvgIpc) is 3.65. The van der Waals surface area contributed by atoms with Gasteiger partial charge in [-0.3, -0.25) is 9.59 Å². The van der Waals surface area contributed by atoms with Gasteiger partial charge in [0.25, 0.3) is 11.8 Å². The number of anilines is 3. The monoisotopic (exact) mass is 505 g/mol. The Morgan fingerprint density at radius 1 is 0.811 bits per heavy atom. The van der Waals surface area contributed by atoms with E-state index < -0.39 is 11.7 Å². The standard InChI is InChI=1S/C27H28FN5O4/c28-21-6-1-2-7-22(21)30-27(36)33-15-13-31(14-16-33)23-10-9-19(29-25(34)24-8-5-17-37-24)18-20(23)26(35)32-11-3-4-12-32/h1-2,5-10,17-18H,3-4,11-16H2,(H,29,34)(H,30,36). The van der Waals surface area contributed by atoms with Crippen molar-refractivity contribution >= 4 is 34.9 Å². The molecule has 0 unspecified atom stereocenters. The molecular weight excluding hydrogens is 477 g/mol. The number of hydrogen-bond donors (Lipinski definition) is 2. The molecule has 0 atom stereocenters. The summed E-state index contributed by atoms with van der Waals surface area (Å²) >= 11 is 0. The van der Waals surface area contributed by atoms with Crippen LogP contribution in [0.25, 0.3) is 0 Å². The average molecular weight is 506 g/mol. The Balaban J connectivity index is 1.31. The van der Waals surface area contributed by atoms with Crippen LogP contribution in [0, 0.1) is 5.82 Å². The van der Waals surface area contributed by atoms with Crippen molar-refractivity contribution in [2.75, 3.05) is 54.8 Å². The van der Waals surface area contributed by atoms with Crippen LogP contribution in [-0.4, -0.2) is 66.9 Å². The third kappa shape index (κ3) is 5.42. The smallest absolute Gasteiger partial charge is 0.322 e. The number of carbonyl (C=O) groups excluding carboxylic acids is 3. The number of nitrogens with zero attached hydrogens (tertiary/aromatic N) is 3. The molecule has 5 rings (SSSR count). The number of para-hydroxylation sites is 1. The minimum atomic E-state index is -0.487. The van der Waals surface area contributed by atoms with E-state index in [-0.39, 0.29) is 23.4 Å². The lowest BCUT2D eigenvalue weighted by Gasteiger charge is -2.37. The maximum absolute atomic E-state index is 13.9. The molecule has 0 aliphatic carbocycles. The summed E-state index contributed by atoms with van der Waals surface area (Å²) in [4.78, 5) is 44.1. The fraction of sp³-hybridized carbons (Fsp3) is 0.296. The number of likely N-dealkylation sites (tertiary alicyclic amines) is 1. The topological polar surface area (TPSA) is 98.1 Å². The molecular formula is C27H28FN5O4. The minimum Gasteiger partial charge on any atom is -0.459 e. The number of furan rings is 1. The zero-order valence-electron chi connectivity index (χ0n) is 20.3. The number of amides is 4. The minimum absolute atomic E-state index is 0.0821. The van der Waals surface area contributed by atoms with Crippen molar-refractivity contribution in [2.24, 2.45) is 0 Å².